The molecule has 5 heteroatoms. The molecule has 1 saturated carbocycles. The van der Waals surface area contributed by atoms with E-state index in [-0.39, 0.29) is 11.5 Å². The first kappa shape index (κ1) is 14.5. The molecule has 1 aliphatic rings. The maximum absolute atomic E-state index is 12.5. The second-order valence-corrected chi connectivity index (χ2v) is 5.43. The third-order valence-corrected chi connectivity index (χ3v) is 3.98. The number of carboxylic acids is 1. The summed E-state index contributed by atoms with van der Waals surface area (Å²) in [7, 11) is 1.68. The minimum absolute atomic E-state index is 0.0970. The molecule has 0 atom stereocenters. The Labute approximate surface area is 118 Å². The van der Waals surface area contributed by atoms with E-state index < -0.39 is 11.5 Å². The number of nitrogens with two attached hydrogens (primary N) is 1. The van der Waals surface area contributed by atoms with E-state index in [9.17, 15) is 9.59 Å². The number of likely N-dealkylation sites (N-methyl/N-ethyl adjacent to an activating group) is 1. The van der Waals surface area contributed by atoms with Crippen molar-refractivity contribution in [3.05, 3.63) is 29.8 Å². The molecule has 0 heterocycles. The Kier molecular flexibility index (Phi) is 4.09. The van der Waals surface area contributed by atoms with E-state index in [2.05, 4.69) is 0 Å². The summed E-state index contributed by atoms with van der Waals surface area (Å²) in [4.78, 5) is 24.9. The highest BCUT2D eigenvalue weighted by Gasteiger charge is 2.37. The number of hydrogen-bond acceptors (Lipinski definition) is 3. The molecule has 1 aliphatic carbocycles. The zero-order valence-corrected chi connectivity index (χ0v) is 11.6. The zero-order valence-electron chi connectivity index (χ0n) is 11.6. The van der Waals surface area contributed by atoms with Gasteiger partial charge in [0.2, 0.25) is 5.91 Å². The smallest absolute Gasteiger partial charge is 0.335 e. The second kappa shape index (κ2) is 5.63. The number of carboxylic acid groups (broad SMARTS) is 1. The first-order chi connectivity index (χ1) is 9.44. The maximum atomic E-state index is 12.5. The Bertz CT molecular complexity index is 504. The van der Waals surface area contributed by atoms with Crippen molar-refractivity contribution in [1.29, 1.82) is 0 Å². The van der Waals surface area contributed by atoms with E-state index in [1.54, 1.807) is 19.2 Å². The normalized spacial score (nSPS) is 17.5. The second-order valence-electron chi connectivity index (χ2n) is 5.43. The number of benzene rings is 1. The summed E-state index contributed by atoms with van der Waals surface area (Å²) in [6, 6.07) is 6.25. The Morgan fingerprint density at radius 1 is 1.15 bits per heavy atom. The number of amides is 1. The van der Waals surface area contributed by atoms with Gasteiger partial charge in [0.05, 0.1) is 11.1 Å². The van der Waals surface area contributed by atoms with Crippen molar-refractivity contribution in [3.8, 4) is 0 Å². The van der Waals surface area contributed by atoms with Crippen LogP contribution in [0.2, 0.25) is 0 Å². The minimum atomic E-state index is -0.979. The Morgan fingerprint density at radius 2 is 1.70 bits per heavy atom. The quantitative estimate of drug-likeness (QED) is 0.884. The van der Waals surface area contributed by atoms with E-state index in [0.29, 0.717) is 18.5 Å². The molecule has 2 rings (SSSR count). The van der Waals surface area contributed by atoms with Gasteiger partial charge in [-0.15, -0.1) is 0 Å². The molecule has 20 heavy (non-hydrogen) atoms. The third-order valence-electron chi connectivity index (χ3n) is 3.98. The van der Waals surface area contributed by atoms with E-state index in [4.69, 9.17) is 10.8 Å². The molecule has 0 saturated heterocycles. The Balaban J connectivity index is 2.15. The molecule has 0 bridgehead atoms. The predicted octanol–water partition coefficient (Wildman–Crippen LogP) is 2.01. The summed E-state index contributed by atoms with van der Waals surface area (Å²) in [6.07, 6.45) is 4.51. The highest BCUT2D eigenvalue weighted by molar-refractivity contribution is 6.00. The van der Waals surface area contributed by atoms with Crippen molar-refractivity contribution < 1.29 is 14.7 Å². The fourth-order valence-electron chi connectivity index (χ4n) is 2.68. The van der Waals surface area contributed by atoms with Crippen LogP contribution in [-0.2, 0) is 4.79 Å². The van der Waals surface area contributed by atoms with Crippen LogP contribution in [-0.4, -0.2) is 29.6 Å². The van der Waals surface area contributed by atoms with Crippen LogP contribution >= 0.6 is 0 Å². The van der Waals surface area contributed by atoms with Crippen molar-refractivity contribution in [2.75, 3.05) is 11.9 Å². The Hall–Kier alpha value is -1.88. The summed E-state index contributed by atoms with van der Waals surface area (Å²) < 4.78 is 0. The van der Waals surface area contributed by atoms with Gasteiger partial charge in [-0.3, -0.25) is 4.79 Å². The number of anilines is 1. The predicted molar refractivity (Wildman–Crippen MR) is 76.8 cm³/mol. The first-order valence-electron chi connectivity index (χ1n) is 6.84. The van der Waals surface area contributed by atoms with Crippen LogP contribution < -0.4 is 10.6 Å². The molecule has 1 amide bonds. The SMILES string of the molecule is CN(C(=O)C1(N)CCCCC1)c1ccc(C(=O)O)cc1. The monoisotopic (exact) mass is 276 g/mol. The van der Waals surface area contributed by atoms with Crippen LogP contribution in [0.1, 0.15) is 42.5 Å². The lowest BCUT2D eigenvalue weighted by Crippen LogP contribution is -2.55. The summed E-state index contributed by atoms with van der Waals surface area (Å²) in [6.45, 7) is 0. The van der Waals surface area contributed by atoms with Gasteiger partial charge >= 0.3 is 5.97 Å². The highest BCUT2D eigenvalue weighted by atomic mass is 16.4. The van der Waals surface area contributed by atoms with Crippen LogP contribution in [0.4, 0.5) is 5.69 Å². The largest absolute Gasteiger partial charge is 0.478 e. The number of carbonyl (C=O) groups excluding carboxylic acids is 1. The van der Waals surface area contributed by atoms with Crippen molar-refractivity contribution in [2.24, 2.45) is 5.73 Å². The molecule has 0 aromatic heterocycles. The van der Waals surface area contributed by atoms with Crippen molar-refractivity contribution in [3.63, 3.8) is 0 Å². The van der Waals surface area contributed by atoms with Gasteiger partial charge in [0.1, 0.15) is 0 Å². The van der Waals surface area contributed by atoms with Gasteiger partial charge in [0.15, 0.2) is 0 Å². The lowest BCUT2D eigenvalue weighted by molar-refractivity contribution is -0.124. The zero-order chi connectivity index (χ0) is 14.8. The van der Waals surface area contributed by atoms with Gasteiger partial charge in [-0.05, 0) is 37.1 Å². The summed E-state index contributed by atoms with van der Waals surface area (Å²) in [5.41, 5.74) is 6.32. The lowest BCUT2D eigenvalue weighted by atomic mass is 9.81. The fourth-order valence-corrected chi connectivity index (χ4v) is 2.68. The van der Waals surface area contributed by atoms with Crippen LogP contribution in [0.15, 0.2) is 24.3 Å². The van der Waals surface area contributed by atoms with Crippen molar-refractivity contribution >= 4 is 17.6 Å². The number of aromatic carboxylic acids is 1. The molecular formula is C15H20N2O3. The first-order valence-corrected chi connectivity index (χ1v) is 6.84. The molecule has 0 aliphatic heterocycles. The molecule has 5 nitrogen and oxygen atoms in total. The molecular weight excluding hydrogens is 256 g/mol. The summed E-state index contributed by atoms with van der Waals surface area (Å²) in [5.74, 6) is -1.08. The van der Waals surface area contributed by atoms with Crippen LogP contribution in [0.3, 0.4) is 0 Å². The number of rotatable bonds is 3. The molecule has 1 aromatic carbocycles. The Morgan fingerprint density at radius 3 is 2.20 bits per heavy atom. The van der Waals surface area contributed by atoms with Crippen LogP contribution in [0, 0.1) is 0 Å². The topological polar surface area (TPSA) is 83.6 Å². The highest BCUT2D eigenvalue weighted by Crippen LogP contribution is 2.29. The fraction of sp³-hybridized carbons (Fsp3) is 0.467. The van der Waals surface area contributed by atoms with Crippen LogP contribution in [0.5, 0.6) is 0 Å². The van der Waals surface area contributed by atoms with E-state index in [1.807, 2.05) is 0 Å². The van der Waals surface area contributed by atoms with Crippen LogP contribution in [0.25, 0.3) is 0 Å². The van der Waals surface area contributed by atoms with E-state index in [1.165, 1.54) is 17.0 Å². The molecule has 108 valence electrons. The van der Waals surface area contributed by atoms with E-state index >= 15 is 0 Å². The number of carbonyl (C=O) groups is 2. The lowest BCUT2D eigenvalue weighted by Gasteiger charge is -2.35. The molecule has 0 unspecified atom stereocenters. The molecule has 1 fully saturated rings. The van der Waals surface area contributed by atoms with Gasteiger partial charge in [-0.25, -0.2) is 4.79 Å². The van der Waals surface area contributed by atoms with Gasteiger partial charge in [-0.2, -0.15) is 0 Å². The van der Waals surface area contributed by atoms with Gasteiger partial charge < -0.3 is 15.7 Å². The maximum Gasteiger partial charge on any atom is 0.335 e. The number of hydrogen-bond donors (Lipinski definition) is 2. The molecule has 0 spiro atoms. The van der Waals surface area contributed by atoms with Gasteiger partial charge in [-0.1, -0.05) is 19.3 Å². The third kappa shape index (κ3) is 2.82. The summed E-state index contributed by atoms with van der Waals surface area (Å²) >= 11 is 0. The van der Waals surface area contributed by atoms with Gasteiger partial charge in [0.25, 0.3) is 0 Å². The van der Waals surface area contributed by atoms with Crippen molar-refractivity contribution in [2.45, 2.75) is 37.6 Å². The average molecular weight is 276 g/mol. The number of nitrogens with zero attached hydrogens (tertiary/aromatic N) is 1. The average Bonchev–Trinajstić information content (AvgIpc) is 2.46. The standard InChI is InChI=1S/C15H20N2O3/c1-17(12-7-5-11(6-8-12)13(18)19)14(20)15(16)9-3-2-4-10-15/h5-8H,2-4,9-10,16H2,1H3,(H,18,19). The minimum Gasteiger partial charge on any atom is -0.478 e. The molecule has 0 radical (unpaired) electrons. The van der Waals surface area contributed by atoms with E-state index in [0.717, 1.165) is 19.3 Å². The molecule has 1 aromatic rings. The van der Waals surface area contributed by atoms with Gasteiger partial charge in [0, 0.05) is 12.7 Å². The molecule has 3 N–H and O–H groups in total. The summed E-state index contributed by atoms with van der Waals surface area (Å²) in [5, 5.41) is 8.87. The van der Waals surface area contributed by atoms with Crippen molar-refractivity contribution in [1.82, 2.24) is 0 Å².